The van der Waals surface area contributed by atoms with E-state index in [4.69, 9.17) is 4.74 Å². The molecule has 2 aliphatic heterocycles. The molecule has 1 aromatic carbocycles. The van der Waals surface area contributed by atoms with Crippen molar-refractivity contribution in [1.82, 2.24) is 14.5 Å². The number of aromatic nitrogens is 2. The number of likely N-dealkylation sites (tertiary alicyclic amines) is 1. The summed E-state index contributed by atoms with van der Waals surface area (Å²) in [4.78, 5) is 43.8. The van der Waals surface area contributed by atoms with Gasteiger partial charge in [0, 0.05) is 31.2 Å². The summed E-state index contributed by atoms with van der Waals surface area (Å²) < 4.78 is 7.25. The highest BCUT2D eigenvalue weighted by Crippen LogP contribution is 2.32. The van der Waals surface area contributed by atoms with Crippen molar-refractivity contribution in [3.05, 3.63) is 59.3 Å². The fourth-order valence-electron chi connectivity index (χ4n) is 3.78. The van der Waals surface area contributed by atoms with Gasteiger partial charge in [-0.1, -0.05) is 18.2 Å². The van der Waals surface area contributed by atoms with E-state index in [1.165, 1.54) is 10.8 Å². The number of ether oxygens (including phenoxy) is 1. The SMILES string of the molecule is O=C(Cn1cccnc1=O)N1CCC2(CC1)CN(c1ccccc1)C(=O)CO2. The highest BCUT2D eigenvalue weighted by atomic mass is 16.5. The van der Waals surface area contributed by atoms with Gasteiger partial charge < -0.3 is 14.5 Å². The molecule has 28 heavy (non-hydrogen) atoms. The molecule has 8 heteroatoms. The Kier molecular flexibility index (Phi) is 4.95. The average molecular weight is 382 g/mol. The highest BCUT2D eigenvalue weighted by molar-refractivity contribution is 5.95. The van der Waals surface area contributed by atoms with Crippen LogP contribution < -0.4 is 10.6 Å². The molecule has 0 radical (unpaired) electrons. The second kappa shape index (κ2) is 7.55. The molecule has 0 aliphatic carbocycles. The summed E-state index contributed by atoms with van der Waals surface area (Å²) in [6, 6.07) is 11.2. The molecular weight excluding hydrogens is 360 g/mol. The molecular formula is C20H22N4O4. The van der Waals surface area contributed by atoms with E-state index >= 15 is 0 Å². The maximum Gasteiger partial charge on any atom is 0.347 e. The first kappa shape index (κ1) is 18.4. The molecule has 3 heterocycles. The monoisotopic (exact) mass is 382 g/mol. The third-order valence-corrected chi connectivity index (χ3v) is 5.43. The van der Waals surface area contributed by atoms with E-state index in [2.05, 4.69) is 4.98 Å². The summed E-state index contributed by atoms with van der Waals surface area (Å²) in [7, 11) is 0. The molecule has 1 aromatic heterocycles. The fourth-order valence-corrected chi connectivity index (χ4v) is 3.78. The molecule has 0 bridgehead atoms. The minimum Gasteiger partial charge on any atom is -0.363 e. The van der Waals surface area contributed by atoms with Crippen LogP contribution in [0.3, 0.4) is 0 Å². The Balaban J connectivity index is 1.40. The maximum atomic E-state index is 12.6. The van der Waals surface area contributed by atoms with Crippen LogP contribution in [0.4, 0.5) is 5.69 Å². The van der Waals surface area contributed by atoms with Gasteiger partial charge in [0.25, 0.3) is 5.91 Å². The van der Waals surface area contributed by atoms with E-state index in [0.29, 0.717) is 32.5 Å². The normalized spacial score (nSPS) is 19.1. The van der Waals surface area contributed by atoms with Gasteiger partial charge in [0.05, 0.1) is 12.1 Å². The molecule has 2 saturated heterocycles. The highest BCUT2D eigenvalue weighted by Gasteiger charge is 2.43. The topological polar surface area (TPSA) is 84.7 Å². The number of rotatable bonds is 3. The van der Waals surface area contributed by atoms with Crippen LogP contribution in [0.2, 0.25) is 0 Å². The van der Waals surface area contributed by atoms with Crippen molar-refractivity contribution < 1.29 is 14.3 Å². The van der Waals surface area contributed by atoms with Crippen LogP contribution in [-0.4, -0.2) is 58.1 Å². The predicted octanol–water partition coefficient (Wildman–Crippen LogP) is 0.668. The number of hydrogen-bond acceptors (Lipinski definition) is 5. The second-order valence-corrected chi connectivity index (χ2v) is 7.20. The summed E-state index contributed by atoms with van der Waals surface area (Å²) in [5.74, 6) is -0.164. The first-order valence-electron chi connectivity index (χ1n) is 9.35. The van der Waals surface area contributed by atoms with Gasteiger partial charge >= 0.3 is 5.69 Å². The zero-order chi connectivity index (χ0) is 19.6. The number of carbonyl (C=O) groups is 2. The Bertz CT molecular complexity index is 919. The van der Waals surface area contributed by atoms with Crippen LogP contribution in [-0.2, 0) is 20.9 Å². The van der Waals surface area contributed by atoms with Gasteiger partial charge in [-0.05, 0) is 31.0 Å². The van der Waals surface area contributed by atoms with E-state index in [0.717, 1.165) is 5.69 Å². The fraction of sp³-hybridized carbons (Fsp3) is 0.400. The first-order valence-corrected chi connectivity index (χ1v) is 9.35. The number of benzene rings is 1. The zero-order valence-corrected chi connectivity index (χ0v) is 15.5. The Labute approximate surface area is 162 Å². The Hall–Kier alpha value is -3.00. The van der Waals surface area contributed by atoms with Crippen LogP contribution >= 0.6 is 0 Å². The van der Waals surface area contributed by atoms with Crippen molar-refractivity contribution in [3.8, 4) is 0 Å². The summed E-state index contributed by atoms with van der Waals surface area (Å²) in [5, 5.41) is 0. The van der Waals surface area contributed by atoms with Crippen LogP contribution in [0, 0.1) is 0 Å². The van der Waals surface area contributed by atoms with Gasteiger partial charge in [0.15, 0.2) is 0 Å². The lowest BCUT2D eigenvalue weighted by molar-refractivity contribution is -0.150. The first-order chi connectivity index (χ1) is 13.6. The molecule has 0 unspecified atom stereocenters. The van der Waals surface area contributed by atoms with Crippen LogP contribution in [0.1, 0.15) is 12.8 Å². The van der Waals surface area contributed by atoms with Crippen molar-refractivity contribution in [2.24, 2.45) is 0 Å². The number of amides is 2. The summed E-state index contributed by atoms with van der Waals surface area (Å²) >= 11 is 0. The minimum atomic E-state index is -0.439. The van der Waals surface area contributed by atoms with Crippen molar-refractivity contribution in [3.63, 3.8) is 0 Å². The molecule has 4 rings (SSSR count). The van der Waals surface area contributed by atoms with E-state index in [-0.39, 0.29) is 25.0 Å². The van der Waals surface area contributed by atoms with Gasteiger partial charge in [-0.15, -0.1) is 0 Å². The molecule has 1 spiro atoms. The molecule has 8 nitrogen and oxygen atoms in total. The number of anilines is 1. The van der Waals surface area contributed by atoms with Crippen molar-refractivity contribution >= 4 is 17.5 Å². The van der Waals surface area contributed by atoms with Gasteiger partial charge in [-0.3, -0.25) is 14.2 Å². The van der Waals surface area contributed by atoms with E-state index in [1.54, 1.807) is 22.1 Å². The van der Waals surface area contributed by atoms with Gasteiger partial charge in [0.2, 0.25) is 5.91 Å². The second-order valence-electron chi connectivity index (χ2n) is 7.20. The number of nitrogens with zero attached hydrogens (tertiary/aromatic N) is 4. The average Bonchev–Trinajstić information content (AvgIpc) is 2.73. The van der Waals surface area contributed by atoms with Crippen LogP contribution in [0.5, 0.6) is 0 Å². The van der Waals surface area contributed by atoms with Gasteiger partial charge in [-0.25, -0.2) is 9.78 Å². The Morgan fingerprint density at radius 3 is 2.57 bits per heavy atom. The van der Waals surface area contributed by atoms with Gasteiger partial charge in [-0.2, -0.15) is 0 Å². The van der Waals surface area contributed by atoms with Crippen LogP contribution in [0.15, 0.2) is 53.6 Å². The molecule has 0 atom stereocenters. The van der Waals surface area contributed by atoms with E-state index < -0.39 is 11.3 Å². The number of carbonyl (C=O) groups excluding carboxylic acids is 2. The van der Waals surface area contributed by atoms with E-state index in [9.17, 15) is 14.4 Å². The number of hydrogen-bond donors (Lipinski definition) is 0. The maximum absolute atomic E-state index is 12.6. The molecule has 0 saturated carbocycles. The lowest BCUT2D eigenvalue weighted by Crippen LogP contribution is -2.59. The van der Waals surface area contributed by atoms with E-state index in [1.807, 2.05) is 30.3 Å². The third-order valence-electron chi connectivity index (χ3n) is 5.43. The largest absolute Gasteiger partial charge is 0.363 e. The minimum absolute atomic E-state index is 0.0187. The molecule has 146 valence electrons. The lowest BCUT2D eigenvalue weighted by Gasteiger charge is -2.47. The molecule has 2 aromatic rings. The number of para-hydroxylation sites is 1. The summed E-state index contributed by atoms with van der Waals surface area (Å²) in [6.45, 7) is 1.58. The zero-order valence-electron chi connectivity index (χ0n) is 15.5. The summed E-state index contributed by atoms with van der Waals surface area (Å²) in [6.07, 6.45) is 4.27. The smallest absolute Gasteiger partial charge is 0.347 e. The molecule has 2 fully saturated rings. The molecule has 0 N–H and O–H groups in total. The molecule has 2 aliphatic rings. The Morgan fingerprint density at radius 1 is 1.11 bits per heavy atom. The lowest BCUT2D eigenvalue weighted by atomic mass is 9.89. The van der Waals surface area contributed by atoms with Crippen molar-refractivity contribution in [2.45, 2.75) is 25.0 Å². The number of piperidine rings is 1. The van der Waals surface area contributed by atoms with Gasteiger partial charge in [0.1, 0.15) is 13.2 Å². The molecule has 2 amide bonds. The Morgan fingerprint density at radius 2 is 1.86 bits per heavy atom. The predicted molar refractivity (Wildman–Crippen MR) is 102 cm³/mol. The standard InChI is InChI=1S/C20H22N4O4/c25-17(13-23-10-4-9-21-19(23)27)22-11-7-20(8-12-22)15-24(18(26)14-28-20)16-5-2-1-3-6-16/h1-6,9-10H,7-8,11-15H2. The third kappa shape index (κ3) is 3.68. The van der Waals surface area contributed by atoms with Crippen molar-refractivity contribution in [2.75, 3.05) is 31.1 Å². The quantitative estimate of drug-likeness (QED) is 0.779. The van der Waals surface area contributed by atoms with Crippen molar-refractivity contribution in [1.29, 1.82) is 0 Å². The number of morpholine rings is 1. The summed E-state index contributed by atoms with van der Waals surface area (Å²) in [5.41, 5.74) is -0.00679. The van der Waals surface area contributed by atoms with Crippen LogP contribution in [0.25, 0.3) is 0 Å².